The Morgan fingerprint density at radius 3 is 2.50 bits per heavy atom. The summed E-state index contributed by atoms with van der Waals surface area (Å²) < 4.78 is 38.6. The lowest BCUT2D eigenvalue weighted by atomic mass is 9.99. The van der Waals surface area contributed by atoms with Crippen molar-refractivity contribution in [3.05, 3.63) is 11.1 Å². The lowest BCUT2D eigenvalue weighted by Crippen LogP contribution is -2.09. The first-order valence-electron chi connectivity index (χ1n) is 5.33. The van der Waals surface area contributed by atoms with Crippen LogP contribution in [0.5, 0.6) is 5.75 Å². The van der Waals surface area contributed by atoms with Crippen molar-refractivity contribution in [2.45, 2.75) is 24.7 Å². The summed E-state index contributed by atoms with van der Waals surface area (Å²) in [7, 11) is -2.77. The van der Waals surface area contributed by atoms with Crippen LogP contribution in [0.3, 0.4) is 0 Å². The lowest BCUT2D eigenvalue weighted by Gasteiger charge is -2.03. The molecule has 0 amide bonds. The third-order valence-electron chi connectivity index (χ3n) is 2.97. The van der Waals surface area contributed by atoms with Crippen LogP contribution in [0.25, 0.3) is 11.2 Å². The van der Waals surface area contributed by atoms with Gasteiger partial charge in [-0.2, -0.15) is 8.42 Å². The maximum atomic E-state index is 11.8. The van der Waals surface area contributed by atoms with Gasteiger partial charge in [0.15, 0.2) is 21.8 Å². The molecule has 2 aromatic heterocycles. The van der Waals surface area contributed by atoms with Gasteiger partial charge in [-0.1, -0.05) is 13.8 Å². The van der Waals surface area contributed by atoms with Crippen molar-refractivity contribution < 1.29 is 26.5 Å². The van der Waals surface area contributed by atoms with Gasteiger partial charge in [-0.3, -0.25) is 0 Å². The highest BCUT2D eigenvalue weighted by atomic mass is 32.2. The smallest absolute Gasteiger partial charge is 0.344 e. The number of esters is 1. The van der Waals surface area contributed by atoms with E-state index in [-0.39, 0.29) is 33.3 Å². The van der Waals surface area contributed by atoms with Gasteiger partial charge in [0, 0.05) is 5.56 Å². The normalized spacial score (nSPS) is 16.4. The van der Waals surface area contributed by atoms with Gasteiger partial charge in [0.2, 0.25) is 0 Å². The Hall–Kier alpha value is -1.76. The number of carbonyl (C=O) groups is 1. The van der Waals surface area contributed by atoms with Gasteiger partial charge in [-0.05, 0) is 5.92 Å². The average Bonchev–Trinajstić information content (AvgIpc) is 2.85. The third-order valence-corrected chi connectivity index (χ3v) is 4.25. The zero-order valence-electron chi connectivity index (χ0n) is 9.94. The minimum atomic E-state index is -3.96. The highest BCUT2D eigenvalue weighted by molar-refractivity contribution is 7.87. The van der Waals surface area contributed by atoms with Crippen LogP contribution >= 0.6 is 0 Å². The van der Waals surface area contributed by atoms with Gasteiger partial charge in [0.25, 0.3) is 0 Å². The summed E-state index contributed by atoms with van der Waals surface area (Å²) in [5.74, 6) is -0.550. The van der Waals surface area contributed by atoms with E-state index in [0.29, 0.717) is 5.56 Å². The predicted octanol–water partition coefficient (Wildman–Crippen LogP) is 1.86. The van der Waals surface area contributed by atoms with Crippen LogP contribution < -0.4 is 4.18 Å². The Morgan fingerprint density at radius 2 is 1.94 bits per heavy atom. The molecule has 96 valence electrons. The molecule has 2 aromatic rings. The van der Waals surface area contributed by atoms with E-state index >= 15 is 0 Å². The molecule has 18 heavy (non-hydrogen) atoms. The van der Waals surface area contributed by atoms with E-state index in [1.165, 1.54) is 7.11 Å². The number of hydrogen-bond donors (Lipinski definition) is 0. The molecule has 0 radical (unpaired) electrons. The number of furan rings is 2. The van der Waals surface area contributed by atoms with Crippen LogP contribution in [0.2, 0.25) is 0 Å². The molecular weight excluding hydrogens is 260 g/mol. The first kappa shape index (κ1) is 11.3. The Balaban J connectivity index is 2.44. The second-order valence-corrected chi connectivity index (χ2v) is 5.87. The molecule has 0 saturated heterocycles. The molecule has 0 aromatic carbocycles. The van der Waals surface area contributed by atoms with E-state index in [4.69, 9.17) is 8.60 Å². The van der Waals surface area contributed by atoms with E-state index in [9.17, 15) is 13.2 Å². The van der Waals surface area contributed by atoms with Crippen molar-refractivity contribution in [1.82, 2.24) is 0 Å². The maximum absolute atomic E-state index is 11.8. The van der Waals surface area contributed by atoms with Crippen LogP contribution in [0, 0.1) is 0 Å². The van der Waals surface area contributed by atoms with E-state index in [0.717, 1.165) is 0 Å². The van der Waals surface area contributed by atoms with Crippen LogP contribution in [0.15, 0.2) is 9.31 Å². The molecule has 0 atom stereocenters. The number of rotatable bonds is 2. The largest absolute Gasteiger partial charge is 0.465 e. The van der Waals surface area contributed by atoms with Crippen LogP contribution in [0.4, 0.5) is 0 Å². The number of methoxy groups -OCH3 is 1. The summed E-state index contributed by atoms with van der Waals surface area (Å²) in [4.78, 5) is 11.5. The number of ether oxygens (including phenoxy) is 1. The van der Waals surface area contributed by atoms with Crippen LogP contribution in [0.1, 0.15) is 35.7 Å². The van der Waals surface area contributed by atoms with Crippen molar-refractivity contribution in [2.75, 3.05) is 7.11 Å². The highest BCUT2D eigenvalue weighted by Crippen LogP contribution is 2.52. The van der Waals surface area contributed by atoms with Gasteiger partial charge in [0.05, 0.1) is 7.11 Å². The van der Waals surface area contributed by atoms with Crippen molar-refractivity contribution in [2.24, 2.45) is 0 Å². The van der Waals surface area contributed by atoms with E-state index in [2.05, 4.69) is 4.74 Å². The highest BCUT2D eigenvalue weighted by Gasteiger charge is 2.46. The van der Waals surface area contributed by atoms with Crippen LogP contribution in [-0.4, -0.2) is 21.5 Å². The molecular formula is C11H10O6S. The fourth-order valence-corrected chi connectivity index (χ4v) is 3.52. The molecule has 0 saturated carbocycles. The molecule has 0 spiro atoms. The second kappa shape index (κ2) is 3.17. The third kappa shape index (κ3) is 1.12. The first-order valence-corrected chi connectivity index (χ1v) is 6.73. The monoisotopic (exact) mass is 270 g/mol. The molecule has 0 N–H and O–H groups in total. The number of carbonyl (C=O) groups excluding carboxylic acids is 1. The Labute approximate surface area is 103 Å². The topological polar surface area (TPSA) is 82.8 Å². The summed E-state index contributed by atoms with van der Waals surface area (Å²) in [5.41, 5.74) is 0.903. The fourth-order valence-electron chi connectivity index (χ4n) is 2.27. The van der Waals surface area contributed by atoms with Gasteiger partial charge >= 0.3 is 16.1 Å². The zero-order chi connectivity index (χ0) is 13.2. The zero-order valence-corrected chi connectivity index (χ0v) is 10.8. The van der Waals surface area contributed by atoms with Crippen molar-refractivity contribution >= 4 is 27.3 Å². The van der Waals surface area contributed by atoms with Crippen molar-refractivity contribution in [3.63, 3.8) is 0 Å². The summed E-state index contributed by atoms with van der Waals surface area (Å²) in [6.45, 7) is 3.73. The molecule has 3 rings (SSSR count). The minimum Gasteiger partial charge on any atom is -0.465 e. The molecule has 3 heterocycles. The number of hydrogen-bond acceptors (Lipinski definition) is 6. The van der Waals surface area contributed by atoms with Gasteiger partial charge in [-0.25, -0.2) is 4.79 Å². The van der Waals surface area contributed by atoms with E-state index < -0.39 is 16.1 Å². The minimum absolute atomic E-state index is 0.0259. The lowest BCUT2D eigenvalue weighted by molar-refractivity contribution is 0.0598. The Bertz CT molecular complexity index is 752. The maximum Gasteiger partial charge on any atom is 0.344 e. The summed E-state index contributed by atoms with van der Waals surface area (Å²) >= 11 is 0. The second-order valence-electron chi connectivity index (χ2n) is 4.39. The molecule has 6 nitrogen and oxygen atoms in total. The van der Waals surface area contributed by atoms with E-state index in [1.54, 1.807) is 0 Å². The Morgan fingerprint density at radius 1 is 1.28 bits per heavy atom. The Kier molecular flexibility index (Phi) is 1.99. The molecule has 0 fully saturated rings. The van der Waals surface area contributed by atoms with Crippen molar-refractivity contribution in [1.29, 1.82) is 0 Å². The molecule has 0 aliphatic carbocycles. The summed E-state index contributed by atoms with van der Waals surface area (Å²) in [5, 5.41) is 0. The molecule has 0 unspecified atom stereocenters. The fraction of sp³-hybridized carbons (Fsp3) is 0.364. The molecule has 2 bridgehead atoms. The average molecular weight is 270 g/mol. The first-order chi connectivity index (χ1) is 8.38. The van der Waals surface area contributed by atoms with Gasteiger partial charge < -0.3 is 13.3 Å². The summed E-state index contributed by atoms with van der Waals surface area (Å²) in [6.07, 6.45) is 0. The van der Waals surface area contributed by atoms with Crippen molar-refractivity contribution in [3.8, 4) is 5.75 Å². The van der Waals surface area contributed by atoms with Crippen LogP contribution in [-0.2, 0) is 14.9 Å². The number of benzene rings is 1. The molecule has 1 aliphatic rings. The number of fused-ring (bicyclic) bond motifs is 1. The predicted molar refractivity (Wildman–Crippen MR) is 60.6 cm³/mol. The SMILES string of the molecule is COC(=O)c1c2c3oc1c(C(C)C)c3OS2(=O)=O. The van der Waals surface area contributed by atoms with E-state index in [1.807, 2.05) is 13.8 Å². The quantitative estimate of drug-likeness (QED) is 0.612. The summed E-state index contributed by atoms with van der Waals surface area (Å²) in [6, 6.07) is 0. The molecule has 1 aliphatic heterocycles. The van der Waals surface area contributed by atoms with Gasteiger partial charge in [0.1, 0.15) is 5.56 Å². The molecule has 7 heteroatoms. The standard InChI is InChI=1S/C11H10O6S/c1-4(2)5-7-6(11(12)15-3)10-9(16-7)8(5)17-18(10,13)14/h4H,1-3H3. The van der Waals surface area contributed by atoms with Gasteiger partial charge in [-0.15, -0.1) is 0 Å².